The van der Waals surface area contributed by atoms with Crippen LogP contribution in [0.2, 0.25) is 0 Å². The molecular formula is C48H81N3O35. The lowest BCUT2D eigenvalue weighted by atomic mass is 9.94. The smallest absolute Gasteiger partial charge is 0.217 e. The van der Waals surface area contributed by atoms with Gasteiger partial charge in [0.2, 0.25) is 17.7 Å². The number of hydrogen-bond acceptors (Lipinski definition) is 35. The minimum absolute atomic E-state index is 0.746. The highest BCUT2D eigenvalue weighted by Crippen LogP contribution is 2.37. The summed E-state index contributed by atoms with van der Waals surface area (Å²) < 4.78 is 74.9. The number of carbonyl (C=O) groups is 3. The number of ether oxygens (including phenoxy) is 13. The van der Waals surface area contributed by atoms with Crippen molar-refractivity contribution in [1.82, 2.24) is 16.0 Å². The first-order valence-corrected chi connectivity index (χ1v) is 27.5. The summed E-state index contributed by atoms with van der Waals surface area (Å²) in [7, 11) is 0. The topological polar surface area (TPSA) is 592 Å². The molecule has 22 N–H and O–H groups in total. The van der Waals surface area contributed by atoms with Crippen molar-refractivity contribution in [1.29, 1.82) is 0 Å². The number of aliphatic hydroxyl groups is 19. The van der Waals surface area contributed by atoms with Gasteiger partial charge in [0.15, 0.2) is 44.0 Å². The Labute approximate surface area is 488 Å². The van der Waals surface area contributed by atoms with Crippen molar-refractivity contribution in [3.8, 4) is 0 Å². The van der Waals surface area contributed by atoms with Crippen LogP contribution in [0.4, 0.5) is 0 Å². The summed E-state index contributed by atoms with van der Waals surface area (Å²) in [6.45, 7) is -1.41. The zero-order valence-corrected chi connectivity index (χ0v) is 46.5. The molecule has 0 saturated carbocycles. The SMILES string of the molecule is CC(=O)N[C@H]1[C@H](O[C@H]2[C@@H](O)[C@@H](CO)O[C@@H](O[C@H]3[C@@H](O)[C@@H](CO)OC(O)[C@@H]3NC(C)=O)[C@@H]2O)O[C@H](CO)[C@@H](O[C@@H]2O[C@H](CO[C@@H]3O[C@H](CO)[C@@H](O[C@@H]4O[C@H](CO)[C@H](O)[C@H](O)[C@H]4O[C@@H]4O[C@@H](C)[C@@H](O)[C@@H](O)[C@@H]4O)[C@H](O)[C@H]3NC(C)=O)[C@H](O)[C@H](O)[C@H]2O)[C@@H]1O. The van der Waals surface area contributed by atoms with Gasteiger partial charge in [0, 0.05) is 20.8 Å². The fourth-order valence-electron chi connectivity index (χ4n) is 11.0. The second-order valence-electron chi connectivity index (χ2n) is 21.8. The van der Waals surface area contributed by atoms with Gasteiger partial charge in [-0.1, -0.05) is 0 Å². The third-order valence-electron chi connectivity index (χ3n) is 15.7. The molecule has 38 nitrogen and oxygen atoms in total. The van der Waals surface area contributed by atoms with E-state index in [1.54, 1.807) is 0 Å². The van der Waals surface area contributed by atoms with E-state index in [4.69, 9.17) is 61.6 Å². The van der Waals surface area contributed by atoms with Gasteiger partial charge >= 0.3 is 0 Å². The van der Waals surface area contributed by atoms with Gasteiger partial charge < -0.3 is 175 Å². The van der Waals surface area contributed by atoms with Gasteiger partial charge in [-0.25, -0.2) is 0 Å². The largest absolute Gasteiger partial charge is 0.394 e. The third kappa shape index (κ3) is 15.4. The van der Waals surface area contributed by atoms with Crippen molar-refractivity contribution in [3.05, 3.63) is 0 Å². The van der Waals surface area contributed by atoms with E-state index in [0.717, 1.165) is 20.8 Å². The van der Waals surface area contributed by atoms with E-state index < -0.39 is 272 Å². The van der Waals surface area contributed by atoms with Crippen molar-refractivity contribution in [2.75, 3.05) is 39.6 Å². The molecule has 7 fully saturated rings. The highest BCUT2D eigenvalue weighted by Gasteiger charge is 2.58. The van der Waals surface area contributed by atoms with E-state index in [2.05, 4.69) is 16.0 Å². The monoisotopic (exact) mass is 1260 g/mol. The van der Waals surface area contributed by atoms with Gasteiger partial charge in [0.1, 0.15) is 165 Å². The van der Waals surface area contributed by atoms with Gasteiger partial charge in [0.25, 0.3) is 0 Å². The summed E-state index contributed by atoms with van der Waals surface area (Å²) >= 11 is 0. The molecule has 0 radical (unpaired) electrons. The van der Waals surface area contributed by atoms with Crippen molar-refractivity contribution in [2.45, 2.75) is 242 Å². The summed E-state index contributed by atoms with van der Waals surface area (Å²) in [5.74, 6) is -2.44. The molecule has 7 heterocycles. The second-order valence-corrected chi connectivity index (χ2v) is 21.8. The van der Waals surface area contributed by atoms with Crippen LogP contribution < -0.4 is 16.0 Å². The standard InChI is InChI=1S/C48H81N3O35/c1-11-24(60)31(67)34(70)45(75-11)86-41-33(69)25(61)15(5-52)78-48(41)83-38-18(8-55)79-43(21(29(38)65)49-12(2)57)74-10-20-26(62)32(68)35(71)46(81-20)82-37-19(9-56)80-44(22(30(37)66)50-13(3)58)85-40-28(64)17(7-54)77-47(36(40)72)84-39-23(51-14(4)59)42(73)76-16(6-53)27(39)63/h11,15-48,52-56,60-73H,5-10H2,1-4H3,(H,49,57)(H,50,58)(H,51,59)/t11-,15+,16+,17+,18+,19+,20+,21+,22+,23+,24+,25-,26-,27-,28-,29+,30+,31+,32-,33-,34-,35+,36+,37+,38+,39+,40-,41+,42?,43+,44-,45-,46-,47-,48-/m0/s1. The first kappa shape index (κ1) is 70.6. The van der Waals surface area contributed by atoms with Crippen LogP contribution in [0.25, 0.3) is 0 Å². The molecule has 0 aromatic heterocycles. The maximum atomic E-state index is 12.7. The van der Waals surface area contributed by atoms with Gasteiger partial charge in [-0.05, 0) is 6.92 Å². The van der Waals surface area contributed by atoms with Crippen LogP contribution in [-0.2, 0) is 76.0 Å². The Balaban J connectivity index is 1.05. The van der Waals surface area contributed by atoms with Crippen LogP contribution in [0, 0.1) is 0 Å². The van der Waals surface area contributed by atoms with Crippen molar-refractivity contribution in [3.63, 3.8) is 0 Å². The molecule has 7 saturated heterocycles. The molecule has 3 amide bonds. The van der Waals surface area contributed by atoms with Crippen molar-refractivity contribution < 1.29 is 173 Å². The fourth-order valence-corrected chi connectivity index (χ4v) is 11.0. The molecule has 38 heteroatoms. The van der Waals surface area contributed by atoms with E-state index in [-0.39, 0.29) is 0 Å². The molecule has 1 unspecified atom stereocenters. The van der Waals surface area contributed by atoms with Gasteiger partial charge in [-0.3, -0.25) is 14.4 Å². The fraction of sp³-hybridized carbons (Fsp3) is 0.938. The molecule has 0 aromatic rings. The van der Waals surface area contributed by atoms with E-state index in [9.17, 15) is 111 Å². The lowest BCUT2D eigenvalue weighted by Crippen LogP contribution is -2.70. The number of aliphatic hydroxyl groups excluding tert-OH is 19. The average Bonchev–Trinajstić information content (AvgIpc) is 3.11. The molecule has 7 aliphatic heterocycles. The Morgan fingerprint density at radius 3 is 1.24 bits per heavy atom. The predicted molar refractivity (Wildman–Crippen MR) is 265 cm³/mol. The number of rotatable bonds is 21. The van der Waals surface area contributed by atoms with Crippen LogP contribution in [0.15, 0.2) is 0 Å². The molecule has 7 rings (SSSR count). The molecule has 0 aromatic carbocycles. The summed E-state index contributed by atoms with van der Waals surface area (Å²) in [4.78, 5) is 37.4. The average molecular weight is 1260 g/mol. The Hall–Kier alpha value is -2.87. The minimum atomic E-state index is -2.20. The van der Waals surface area contributed by atoms with E-state index in [1.165, 1.54) is 6.92 Å². The summed E-state index contributed by atoms with van der Waals surface area (Å²) in [6.07, 6.45) is -60.0. The molecule has 0 spiro atoms. The van der Waals surface area contributed by atoms with Crippen molar-refractivity contribution >= 4 is 17.7 Å². The zero-order chi connectivity index (χ0) is 63.5. The minimum Gasteiger partial charge on any atom is -0.394 e. The normalized spacial score (nSPS) is 49.4. The van der Waals surface area contributed by atoms with Crippen LogP contribution >= 0.6 is 0 Å². The van der Waals surface area contributed by atoms with E-state index >= 15 is 0 Å². The molecule has 0 bridgehead atoms. The van der Waals surface area contributed by atoms with Gasteiger partial charge in [0.05, 0.1) is 45.7 Å². The van der Waals surface area contributed by atoms with Gasteiger partial charge in [-0.15, -0.1) is 0 Å². The molecule has 35 atom stereocenters. The zero-order valence-electron chi connectivity index (χ0n) is 46.5. The maximum Gasteiger partial charge on any atom is 0.217 e. The molecular weight excluding hydrogens is 1180 g/mol. The molecule has 86 heavy (non-hydrogen) atoms. The first-order chi connectivity index (χ1) is 40.6. The number of hydrogen-bond donors (Lipinski definition) is 22. The first-order valence-electron chi connectivity index (χ1n) is 27.5. The Morgan fingerprint density at radius 2 is 0.698 bits per heavy atom. The number of nitrogens with one attached hydrogen (secondary N) is 3. The summed E-state index contributed by atoms with van der Waals surface area (Å²) in [6, 6.07) is -5.09. The number of carbonyl (C=O) groups excluding carboxylic acids is 3. The molecule has 498 valence electrons. The second kappa shape index (κ2) is 30.5. The summed E-state index contributed by atoms with van der Waals surface area (Å²) in [5.41, 5.74) is 0. The lowest BCUT2D eigenvalue weighted by Gasteiger charge is -2.50. The Morgan fingerprint density at radius 1 is 0.326 bits per heavy atom. The number of amides is 3. The highest BCUT2D eigenvalue weighted by molar-refractivity contribution is 5.74. The van der Waals surface area contributed by atoms with E-state index in [0.29, 0.717) is 0 Å². The molecule has 0 aliphatic carbocycles. The van der Waals surface area contributed by atoms with Gasteiger partial charge in [-0.2, -0.15) is 0 Å². The van der Waals surface area contributed by atoms with E-state index in [1.807, 2.05) is 0 Å². The van der Waals surface area contributed by atoms with Crippen molar-refractivity contribution in [2.24, 2.45) is 0 Å². The molecule has 7 aliphatic rings. The van der Waals surface area contributed by atoms with Crippen LogP contribution in [0.3, 0.4) is 0 Å². The highest BCUT2D eigenvalue weighted by atomic mass is 16.8. The quantitative estimate of drug-likeness (QED) is 0.0507. The third-order valence-corrected chi connectivity index (χ3v) is 15.7. The summed E-state index contributed by atoms with van der Waals surface area (Å²) in [5, 5.41) is 213. The Bertz CT molecular complexity index is 2170. The lowest BCUT2D eigenvalue weighted by molar-refractivity contribution is -0.385. The maximum absolute atomic E-state index is 12.7. The van der Waals surface area contributed by atoms with Crippen LogP contribution in [0.5, 0.6) is 0 Å². The van der Waals surface area contributed by atoms with Crippen LogP contribution in [-0.4, -0.2) is 369 Å². The Kier molecular flexibility index (Phi) is 25.0. The predicted octanol–water partition coefficient (Wildman–Crippen LogP) is -14.8. The van der Waals surface area contributed by atoms with Crippen LogP contribution in [0.1, 0.15) is 27.7 Å².